The average Bonchev–Trinajstić information content (AvgIpc) is 2.97. The highest BCUT2D eigenvalue weighted by molar-refractivity contribution is 6.06. The fourth-order valence-electron chi connectivity index (χ4n) is 4.05. The third kappa shape index (κ3) is 6.07. The molecule has 0 radical (unpaired) electrons. The Kier molecular flexibility index (Phi) is 7.68. The van der Waals surface area contributed by atoms with Gasteiger partial charge in [-0.3, -0.25) is 4.79 Å². The summed E-state index contributed by atoms with van der Waals surface area (Å²) in [6.07, 6.45) is 2.97. The molecule has 1 aromatic heterocycles. The zero-order valence-corrected chi connectivity index (χ0v) is 21.4. The van der Waals surface area contributed by atoms with Crippen molar-refractivity contribution in [2.45, 2.75) is 6.92 Å². The Balaban J connectivity index is 1.44. The summed E-state index contributed by atoms with van der Waals surface area (Å²) < 4.78 is 32.1. The van der Waals surface area contributed by atoms with Gasteiger partial charge in [-0.2, -0.15) is 0 Å². The summed E-state index contributed by atoms with van der Waals surface area (Å²) >= 11 is 0. The van der Waals surface area contributed by atoms with Gasteiger partial charge in [0.2, 0.25) is 0 Å². The molecule has 0 unspecified atom stereocenters. The third-order valence-electron chi connectivity index (χ3n) is 6.03. The standard InChI is InChI=1S/C32H23F2N3O3/c1-2-40-29(38)18-5-20-3-15-26(16-4-20)35-32(39)23-10-17-27-28(19-23)37-31(22-8-13-25(34)14-9-22)30(36-27)21-6-11-24(33)12-7-21/h3-19H,2H2,1H3,(H,35,39)/b18-5+. The van der Waals surface area contributed by atoms with Crippen molar-refractivity contribution in [1.29, 1.82) is 0 Å². The van der Waals surface area contributed by atoms with E-state index in [9.17, 15) is 18.4 Å². The van der Waals surface area contributed by atoms with Gasteiger partial charge in [0.15, 0.2) is 0 Å². The van der Waals surface area contributed by atoms with Gasteiger partial charge < -0.3 is 10.1 Å². The fraction of sp³-hybridized carbons (Fsp3) is 0.0625. The molecule has 0 aliphatic rings. The Labute approximate surface area is 229 Å². The normalized spacial score (nSPS) is 11.1. The summed E-state index contributed by atoms with van der Waals surface area (Å²) in [7, 11) is 0. The SMILES string of the molecule is CCOC(=O)/C=C/c1ccc(NC(=O)c2ccc3nc(-c4ccc(F)cc4)c(-c4ccc(F)cc4)nc3c2)cc1. The highest BCUT2D eigenvalue weighted by atomic mass is 19.1. The van der Waals surface area contributed by atoms with Crippen LogP contribution in [-0.4, -0.2) is 28.5 Å². The number of rotatable bonds is 7. The molecule has 5 aromatic rings. The number of anilines is 1. The number of carbonyl (C=O) groups excluding carboxylic acids is 2. The van der Waals surface area contributed by atoms with Gasteiger partial charge in [-0.05, 0) is 97.4 Å². The van der Waals surface area contributed by atoms with Gasteiger partial charge >= 0.3 is 5.97 Å². The lowest BCUT2D eigenvalue weighted by atomic mass is 10.0. The summed E-state index contributed by atoms with van der Waals surface area (Å²) in [6.45, 7) is 2.04. The molecule has 0 aliphatic carbocycles. The predicted octanol–water partition coefficient (Wildman–Crippen LogP) is 7.07. The minimum Gasteiger partial charge on any atom is -0.463 e. The van der Waals surface area contributed by atoms with Gasteiger partial charge in [0.1, 0.15) is 11.6 Å². The van der Waals surface area contributed by atoms with Crippen LogP contribution in [0.3, 0.4) is 0 Å². The Hall–Kier alpha value is -5.24. The predicted molar refractivity (Wildman–Crippen MR) is 150 cm³/mol. The lowest BCUT2D eigenvalue weighted by molar-refractivity contribution is -0.137. The van der Waals surface area contributed by atoms with Crippen molar-refractivity contribution < 1.29 is 23.1 Å². The quantitative estimate of drug-likeness (QED) is 0.178. The van der Waals surface area contributed by atoms with Gasteiger partial charge in [-0.1, -0.05) is 12.1 Å². The van der Waals surface area contributed by atoms with Crippen molar-refractivity contribution in [1.82, 2.24) is 9.97 Å². The molecule has 5 rings (SSSR count). The molecule has 0 aliphatic heterocycles. The van der Waals surface area contributed by atoms with Crippen molar-refractivity contribution in [2.75, 3.05) is 11.9 Å². The largest absolute Gasteiger partial charge is 0.463 e. The number of esters is 1. The van der Waals surface area contributed by atoms with E-state index in [-0.39, 0.29) is 17.5 Å². The first-order chi connectivity index (χ1) is 19.4. The maximum atomic E-state index is 13.6. The molecule has 0 fully saturated rings. The average molecular weight is 536 g/mol. The van der Waals surface area contributed by atoms with Crippen LogP contribution < -0.4 is 5.32 Å². The molecule has 40 heavy (non-hydrogen) atoms. The van der Waals surface area contributed by atoms with Crippen molar-refractivity contribution >= 4 is 34.7 Å². The maximum absolute atomic E-state index is 13.6. The number of ether oxygens (including phenoxy) is 1. The molecular formula is C32H23F2N3O3. The van der Waals surface area contributed by atoms with Crippen LogP contribution in [0, 0.1) is 11.6 Å². The molecule has 0 atom stereocenters. The van der Waals surface area contributed by atoms with E-state index in [2.05, 4.69) is 5.32 Å². The van der Waals surface area contributed by atoms with E-state index >= 15 is 0 Å². The van der Waals surface area contributed by atoms with Crippen molar-refractivity contribution in [2.24, 2.45) is 0 Å². The fourth-order valence-corrected chi connectivity index (χ4v) is 4.05. The molecule has 0 saturated heterocycles. The minimum atomic E-state index is -0.424. The van der Waals surface area contributed by atoms with Crippen LogP contribution in [0.1, 0.15) is 22.8 Å². The van der Waals surface area contributed by atoms with Crippen LogP contribution in [-0.2, 0) is 9.53 Å². The first-order valence-corrected chi connectivity index (χ1v) is 12.5. The Bertz CT molecular complexity index is 1720. The van der Waals surface area contributed by atoms with Crippen LogP contribution in [0.5, 0.6) is 0 Å². The molecule has 4 aromatic carbocycles. The number of hydrogen-bond acceptors (Lipinski definition) is 5. The molecular weight excluding hydrogens is 512 g/mol. The second-order valence-corrected chi connectivity index (χ2v) is 8.80. The highest BCUT2D eigenvalue weighted by Gasteiger charge is 2.15. The van der Waals surface area contributed by atoms with Crippen LogP contribution in [0.15, 0.2) is 97.1 Å². The smallest absolute Gasteiger partial charge is 0.330 e. The van der Waals surface area contributed by atoms with E-state index < -0.39 is 5.97 Å². The van der Waals surface area contributed by atoms with E-state index in [1.54, 1.807) is 79.7 Å². The van der Waals surface area contributed by atoms with E-state index in [0.29, 0.717) is 51.4 Å². The van der Waals surface area contributed by atoms with Crippen LogP contribution in [0.4, 0.5) is 14.5 Å². The first-order valence-electron chi connectivity index (χ1n) is 12.5. The molecule has 6 nitrogen and oxygen atoms in total. The number of benzene rings is 4. The van der Waals surface area contributed by atoms with Crippen LogP contribution >= 0.6 is 0 Å². The third-order valence-corrected chi connectivity index (χ3v) is 6.03. The molecule has 1 heterocycles. The molecule has 198 valence electrons. The van der Waals surface area contributed by atoms with Gasteiger partial charge in [0, 0.05) is 28.5 Å². The van der Waals surface area contributed by atoms with Crippen molar-refractivity contribution in [3.05, 3.63) is 120 Å². The second kappa shape index (κ2) is 11.7. The number of halogens is 2. The Morgan fingerprint density at radius 1 is 0.775 bits per heavy atom. The number of hydrogen-bond donors (Lipinski definition) is 1. The van der Waals surface area contributed by atoms with E-state index in [1.807, 2.05) is 0 Å². The topological polar surface area (TPSA) is 81.2 Å². The highest BCUT2D eigenvalue weighted by Crippen LogP contribution is 2.31. The number of aromatic nitrogens is 2. The molecule has 8 heteroatoms. The summed E-state index contributed by atoms with van der Waals surface area (Å²) in [6, 6.07) is 23.7. The number of nitrogens with zero attached hydrogens (tertiary/aromatic N) is 2. The van der Waals surface area contributed by atoms with Gasteiger partial charge in [0.25, 0.3) is 5.91 Å². The first kappa shape index (κ1) is 26.4. The molecule has 0 spiro atoms. The maximum Gasteiger partial charge on any atom is 0.330 e. The number of fused-ring (bicyclic) bond motifs is 1. The monoisotopic (exact) mass is 535 g/mol. The number of carbonyl (C=O) groups is 2. The van der Waals surface area contributed by atoms with Crippen LogP contribution in [0.25, 0.3) is 39.6 Å². The summed E-state index contributed by atoms with van der Waals surface area (Å²) in [4.78, 5) is 34.1. The molecule has 1 N–H and O–H groups in total. The van der Waals surface area contributed by atoms with E-state index in [1.165, 1.54) is 30.3 Å². The van der Waals surface area contributed by atoms with Crippen LogP contribution in [0.2, 0.25) is 0 Å². The summed E-state index contributed by atoms with van der Waals surface area (Å²) in [5.41, 5.74) is 4.99. The van der Waals surface area contributed by atoms with Gasteiger partial charge in [0.05, 0.1) is 29.0 Å². The van der Waals surface area contributed by atoms with Crippen molar-refractivity contribution in [3.8, 4) is 22.5 Å². The molecule has 1 amide bonds. The van der Waals surface area contributed by atoms with Gasteiger partial charge in [-0.15, -0.1) is 0 Å². The lowest BCUT2D eigenvalue weighted by Crippen LogP contribution is -2.12. The zero-order valence-electron chi connectivity index (χ0n) is 21.4. The summed E-state index contributed by atoms with van der Waals surface area (Å²) in [5, 5.41) is 2.85. The van der Waals surface area contributed by atoms with E-state index in [0.717, 1.165) is 5.56 Å². The number of nitrogens with one attached hydrogen (secondary N) is 1. The lowest BCUT2D eigenvalue weighted by Gasteiger charge is -2.12. The minimum absolute atomic E-state index is 0.303. The molecule has 0 saturated carbocycles. The van der Waals surface area contributed by atoms with E-state index in [4.69, 9.17) is 14.7 Å². The second-order valence-electron chi connectivity index (χ2n) is 8.80. The zero-order chi connectivity index (χ0) is 28.1. The Morgan fingerprint density at radius 2 is 1.35 bits per heavy atom. The summed E-state index contributed by atoms with van der Waals surface area (Å²) in [5.74, 6) is -1.53. The number of amides is 1. The van der Waals surface area contributed by atoms with Crippen molar-refractivity contribution in [3.63, 3.8) is 0 Å². The van der Waals surface area contributed by atoms with Gasteiger partial charge in [-0.25, -0.2) is 23.5 Å². The molecule has 0 bridgehead atoms. The Morgan fingerprint density at radius 3 is 1.93 bits per heavy atom.